The van der Waals surface area contributed by atoms with Gasteiger partial charge in [0, 0.05) is 32.6 Å². The molecule has 0 spiro atoms. The van der Waals surface area contributed by atoms with E-state index >= 15 is 0 Å². The Morgan fingerprint density at radius 1 is 1.50 bits per heavy atom. The zero-order valence-electron chi connectivity index (χ0n) is 11.9. The summed E-state index contributed by atoms with van der Waals surface area (Å²) in [4.78, 5) is 14.4. The molecular formula is C14H26N2O2. The van der Waals surface area contributed by atoms with E-state index in [-0.39, 0.29) is 17.4 Å². The van der Waals surface area contributed by atoms with E-state index in [1.165, 1.54) is 12.8 Å². The third kappa shape index (κ3) is 3.04. The number of amides is 1. The Bertz CT molecular complexity index is 298. The van der Waals surface area contributed by atoms with Gasteiger partial charge in [-0.25, -0.2) is 0 Å². The lowest BCUT2D eigenvalue weighted by molar-refractivity contribution is -0.139. The van der Waals surface area contributed by atoms with Gasteiger partial charge in [0.2, 0.25) is 5.91 Å². The molecule has 2 aliphatic rings. The van der Waals surface area contributed by atoms with Crippen LogP contribution in [0.25, 0.3) is 0 Å². The molecule has 1 heterocycles. The van der Waals surface area contributed by atoms with Gasteiger partial charge in [-0.1, -0.05) is 20.3 Å². The molecule has 4 heteroatoms. The van der Waals surface area contributed by atoms with Gasteiger partial charge in [-0.3, -0.25) is 4.79 Å². The van der Waals surface area contributed by atoms with E-state index in [1.807, 2.05) is 11.9 Å². The fraction of sp³-hybridized carbons (Fsp3) is 0.929. The predicted octanol–water partition coefficient (Wildman–Crippen LogP) is 1.26. The van der Waals surface area contributed by atoms with E-state index in [0.29, 0.717) is 12.5 Å². The van der Waals surface area contributed by atoms with Crippen molar-refractivity contribution in [3.63, 3.8) is 0 Å². The Hall–Kier alpha value is -0.610. The van der Waals surface area contributed by atoms with Crippen LogP contribution in [0.4, 0.5) is 0 Å². The summed E-state index contributed by atoms with van der Waals surface area (Å²) < 4.78 is 5.66. The van der Waals surface area contributed by atoms with Gasteiger partial charge in [0.15, 0.2) is 0 Å². The fourth-order valence-electron chi connectivity index (χ4n) is 3.18. The van der Waals surface area contributed by atoms with Crippen LogP contribution in [0, 0.1) is 11.3 Å². The Labute approximate surface area is 110 Å². The molecule has 1 N–H and O–H groups in total. The van der Waals surface area contributed by atoms with Crippen molar-refractivity contribution >= 4 is 5.91 Å². The summed E-state index contributed by atoms with van der Waals surface area (Å²) in [6, 6.07) is 0. The molecule has 0 aromatic rings. The Balaban J connectivity index is 1.88. The van der Waals surface area contributed by atoms with Gasteiger partial charge in [-0.15, -0.1) is 0 Å². The van der Waals surface area contributed by atoms with E-state index in [9.17, 15) is 4.79 Å². The molecule has 0 aromatic heterocycles. The average Bonchev–Trinajstić information content (AvgIpc) is 2.69. The highest BCUT2D eigenvalue weighted by Crippen LogP contribution is 2.43. The number of nitrogens with zero attached hydrogens (tertiary/aromatic N) is 1. The summed E-state index contributed by atoms with van der Waals surface area (Å²) in [6.07, 6.45) is 3.54. The molecule has 1 amide bonds. The second-order valence-electron chi connectivity index (χ2n) is 6.35. The van der Waals surface area contributed by atoms with Crippen LogP contribution in [0.15, 0.2) is 0 Å². The minimum Gasteiger partial charge on any atom is -0.374 e. The number of rotatable bonds is 3. The highest BCUT2D eigenvalue weighted by molar-refractivity contribution is 5.79. The van der Waals surface area contributed by atoms with Gasteiger partial charge in [0.1, 0.15) is 0 Å². The lowest BCUT2D eigenvalue weighted by Crippen LogP contribution is -2.47. The highest BCUT2D eigenvalue weighted by Gasteiger charge is 2.40. The number of likely N-dealkylation sites (N-methyl/N-ethyl adjacent to an activating group) is 1. The molecule has 0 aromatic carbocycles. The first-order chi connectivity index (χ1) is 8.50. The summed E-state index contributed by atoms with van der Waals surface area (Å²) in [7, 11) is 1.91. The van der Waals surface area contributed by atoms with Crippen LogP contribution in [0.5, 0.6) is 0 Å². The quantitative estimate of drug-likeness (QED) is 0.824. The molecule has 0 radical (unpaired) electrons. The van der Waals surface area contributed by atoms with Gasteiger partial charge in [0.25, 0.3) is 0 Å². The van der Waals surface area contributed by atoms with Crippen molar-refractivity contribution in [1.82, 2.24) is 10.2 Å². The molecule has 2 fully saturated rings. The normalized spacial score (nSPS) is 31.3. The number of ether oxygens (including phenoxy) is 1. The van der Waals surface area contributed by atoms with E-state index in [2.05, 4.69) is 19.2 Å². The maximum Gasteiger partial charge on any atom is 0.226 e. The van der Waals surface area contributed by atoms with Gasteiger partial charge < -0.3 is 15.0 Å². The van der Waals surface area contributed by atoms with Crippen LogP contribution in [0.2, 0.25) is 0 Å². The number of nitrogens with one attached hydrogen (secondary N) is 1. The molecule has 2 unspecified atom stereocenters. The lowest BCUT2D eigenvalue weighted by Gasteiger charge is -2.33. The van der Waals surface area contributed by atoms with E-state index in [1.54, 1.807) is 0 Å². The minimum absolute atomic E-state index is 0.150. The second kappa shape index (κ2) is 5.57. The molecule has 1 saturated carbocycles. The Kier molecular flexibility index (Phi) is 4.28. The van der Waals surface area contributed by atoms with Crippen LogP contribution < -0.4 is 5.32 Å². The number of carbonyl (C=O) groups excluding carboxylic acids is 1. The average molecular weight is 254 g/mol. The van der Waals surface area contributed by atoms with Crippen molar-refractivity contribution in [2.45, 2.75) is 39.2 Å². The van der Waals surface area contributed by atoms with Crippen LogP contribution in [0.1, 0.15) is 33.1 Å². The molecule has 104 valence electrons. The maximum absolute atomic E-state index is 12.5. The van der Waals surface area contributed by atoms with Crippen molar-refractivity contribution < 1.29 is 9.53 Å². The maximum atomic E-state index is 12.5. The lowest BCUT2D eigenvalue weighted by atomic mass is 9.81. The molecule has 1 saturated heterocycles. The number of hydrogen-bond acceptors (Lipinski definition) is 3. The standard InChI is InChI=1S/C14H26N2O2/c1-14(2)6-4-5-12(14)13(17)16(3)10-11-9-15-7-8-18-11/h11-12,15H,4-10H2,1-3H3. The van der Waals surface area contributed by atoms with E-state index in [4.69, 9.17) is 4.74 Å². The molecule has 2 rings (SSSR count). The molecule has 2 atom stereocenters. The molecule has 0 bridgehead atoms. The SMILES string of the molecule is CN(CC1CNCCO1)C(=O)C1CCCC1(C)C. The Morgan fingerprint density at radius 3 is 2.83 bits per heavy atom. The van der Waals surface area contributed by atoms with E-state index < -0.39 is 0 Å². The molecule has 4 nitrogen and oxygen atoms in total. The monoisotopic (exact) mass is 254 g/mol. The number of hydrogen-bond donors (Lipinski definition) is 1. The van der Waals surface area contributed by atoms with Gasteiger partial charge in [-0.2, -0.15) is 0 Å². The predicted molar refractivity (Wildman–Crippen MR) is 71.4 cm³/mol. The first kappa shape index (κ1) is 13.8. The van der Waals surface area contributed by atoms with Gasteiger partial charge in [-0.05, 0) is 18.3 Å². The first-order valence-electron chi connectivity index (χ1n) is 7.08. The Morgan fingerprint density at radius 2 is 2.28 bits per heavy atom. The highest BCUT2D eigenvalue weighted by atomic mass is 16.5. The summed E-state index contributed by atoms with van der Waals surface area (Å²) in [5.41, 5.74) is 0.164. The van der Waals surface area contributed by atoms with Crippen LogP contribution in [-0.4, -0.2) is 50.2 Å². The number of morpholine rings is 1. The van der Waals surface area contributed by atoms with Gasteiger partial charge in [0.05, 0.1) is 12.7 Å². The largest absolute Gasteiger partial charge is 0.374 e. The van der Waals surface area contributed by atoms with Crippen LogP contribution in [0.3, 0.4) is 0 Å². The third-order valence-electron chi connectivity index (χ3n) is 4.41. The van der Waals surface area contributed by atoms with Crippen molar-refractivity contribution in [1.29, 1.82) is 0 Å². The summed E-state index contributed by atoms with van der Waals surface area (Å²) >= 11 is 0. The summed E-state index contributed by atoms with van der Waals surface area (Å²) in [5.74, 6) is 0.491. The van der Waals surface area contributed by atoms with Crippen molar-refractivity contribution in [3.05, 3.63) is 0 Å². The van der Waals surface area contributed by atoms with Crippen molar-refractivity contribution in [2.24, 2.45) is 11.3 Å². The van der Waals surface area contributed by atoms with Crippen molar-refractivity contribution in [3.8, 4) is 0 Å². The molecule has 1 aliphatic heterocycles. The first-order valence-corrected chi connectivity index (χ1v) is 7.08. The summed E-state index contributed by atoms with van der Waals surface area (Å²) in [5, 5.41) is 3.30. The van der Waals surface area contributed by atoms with E-state index in [0.717, 1.165) is 26.1 Å². The van der Waals surface area contributed by atoms with Gasteiger partial charge >= 0.3 is 0 Å². The zero-order chi connectivity index (χ0) is 13.2. The smallest absolute Gasteiger partial charge is 0.226 e. The van der Waals surface area contributed by atoms with Crippen molar-refractivity contribution in [2.75, 3.05) is 33.3 Å². The summed E-state index contributed by atoms with van der Waals surface area (Å²) in [6.45, 7) is 7.67. The zero-order valence-corrected chi connectivity index (χ0v) is 11.9. The fourth-order valence-corrected chi connectivity index (χ4v) is 3.18. The third-order valence-corrected chi connectivity index (χ3v) is 4.41. The second-order valence-corrected chi connectivity index (χ2v) is 6.35. The molecule has 18 heavy (non-hydrogen) atoms. The van der Waals surface area contributed by atoms with Crippen LogP contribution in [-0.2, 0) is 9.53 Å². The molecule has 1 aliphatic carbocycles. The molecular weight excluding hydrogens is 228 g/mol. The number of carbonyl (C=O) groups is 1. The van der Waals surface area contributed by atoms with Crippen LogP contribution >= 0.6 is 0 Å². The topological polar surface area (TPSA) is 41.6 Å². The minimum atomic E-state index is 0.150.